The number of nitrogens with one attached hydrogen (secondary N) is 1. The number of pyridine rings is 1. The van der Waals surface area contributed by atoms with Gasteiger partial charge in [-0.1, -0.05) is 12.1 Å². The van der Waals surface area contributed by atoms with Gasteiger partial charge in [-0.15, -0.1) is 0 Å². The van der Waals surface area contributed by atoms with Gasteiger partial charge in [0, 0.05) is 24.0 Å². The summed E-state index contributed by atoms with van der Waals surface area (Å²) in [7, 11) is 0. The summed E-state index contributed by atoms with van der Waals surface area (Å²) in [4.78, 5) is 16.6. The molecule has 4 heteroatoms. The largest absolute Gasteiger partial charge is 0.390 e. The Morgan fingerprint density at radius 3 is 2.76 bits per heavy atom. The predicted molar refractivity (Wildman–Crippen MR) is 101 cm³/mol. The Kier molecular flexibility index (Phi) is 6.32. The maximum absolute atomic E-state index is 12.5. The zero-order valence-corrected chi connectivity index (χ0v) is 15.5. The molecular weight excluding hydrogens is 312 g/mol. The van der Waals surface area contributed by atoms with Crippen LogP contribution in [-0.2, 0) is 0 Å². The minimum atomic E-state index is -0.652. The summed E-state index contributed by atoms with van der Waals surface area (Å²) in [6, 6.07) is 9.70. The summed E-state index contributed by atoms with van der Waals surface area (Å²) in [5.41, 5.74) is 3.19. The average molecular weight is 340 g/mol. The van der Waals surface area contributed by atoms with Gasteiger partial charge in [-0.2, -0.15) is 0 Å². The maximum atomic E-state index is 12.5. The van der Waals surface area contributed by atoms with Gasteiger partial charge in [0.1, 0.15) is 0 Å². The van der Waals surface area contributed by atoms with Gasteiger partial charge in [-0.3, -0.25) is 9.78 Å². The summed E-state index contributed by atoms with van der Waals surface area (Å²) in [5.74, 6) is -0.0654. The Bertz CT molecular complexity index is 720. The van der Waals surface area contributed by atoms with Crippen LogP contribution in [0.4, 0.5) is 0 Å². The van der Waals surface area contributed by atoms with Crippen molar-refractivity contribution in [2.24, 2.45) is 0 Å². The molecule has 0 radical (unpaired) electrons. The second-order valence-electron chi connectivity index (χ2n) is 7.35. The second-order valence-corrected chi connectivity index (χ2v) is 7.35. The van der Waals surface area contributed by atoms with E-state index in [0.29, 0.717) is 5.56 Å². The van der Waals surface area contributed by atoms with Crippen molar-refractivity contribution >= 4 is 5.91 Å². The van der Waals surface area contributed by atoms with Gasteiger partial charge in [0.15, 0.2) is 0 Å². The molecule has 1 atom stereocenters. The topological polar surface area (TPSA) is 62.2 Å². The van der Waals surface area contributed by atoms with Crippen LogP contribution in [0.5, 0.6) is 0 Å². The number of nitrogens with zero attached hydrogens (tertiary/aromatic N) is 1. The molecule has 1 amide bonds. The van der Waals surface area contributed by atoms with Crippen LogP contribution in [0.25, 0.3) is 11.1 Å². The number of hydrogen-bond donors (Lipinski definition) is 2. The van der Waals surface area contributed by atoms with Gasteiger partial charge < -0.3 is 10.4 Å². The Morgan fingerprint density at radius 2 is 2.08 bits per heavy atom. The highest BCUT2D eigenvalue weighted by atomic mass is 16.3. The third-order valence-electron chi connectivity index (χ3n) is 4.26. The molecule has 2 rings (SSSR count). The van der Waals surface area contributed by atoms with E-state index < -0.39 is 5.60 Å². The number of benzene rings is 1. The molecule has 0 aliphatic heterocycles. The van der Waals surface area contributed by atoms with E-state index in [1.165, 1.54) is 0 Å². The van der Waals surface area contributed by atoms with Crippen molar-refractivity contribution in [1.82, 2.24) is 10.3 Å². The Labute approximate surface area is 150 Å². The summed E-state index contributed by atoms with van der Waals surface area (Å²) < 4.78 is 0. The monoisotopic (exact) mass is 340 g/mol. The van der Waals surface area contributed by atoms with Crippen LogP contribution in [0.2, 0.25) is 0 Å². The SMILES string of the molecule is Cc1cnccc1-c1cccc(C(=O)NC(C)CCCC(C)(C)O)c1. The van der Waals surface area contributed by atoms with Crippen molar-refractivity contribution in [1.29, 1.82) is 0 Å². The number of aliphatic hydroxyl groups is 1. The lowest BCUT2D eigenvalue weighted by atomic mass is 9.99. The van der Waals surface area contributed by atoms with Crippen molar-refractivity contribution in [3.05, 3.63) is 53.9 Å². The highest BCUT2D eigenvalue weighted by Crippen LogP contribution is 2.23. The number of rotatable bonds is 7. The smallest absolute Gasteiger partial charge is 0.251 e. The molecule has 1 aromatic heterocycles. The number of hydrogen-bond acceptors (Lipinski definition) is 3. The van der Waals surface area contributed by atoms with E-state index >= 15 is 0 Å². The number of carbonyl (C=O) groups is 1. The molecule has 2 N–H and O–H groups in total. The fraction of sp³-hybridized carbons (Fsp3) is 0.429. The van der Waals surface area contributed by atoms with Crippen LogP contribution in [0.15, 0.2) is 42.7 Å². The first kappa shape index (κ1) is 19.1. The number of carbonyl (C=O) groups excluding carboxylic acids is 1. The Hall–Kier alpha value is -2.20. The van der Waals surface area contributed by atoms with Crippen molar-refractivity contribution in [2.45, 2.75) is 58.6 Å². The Morgan fingerprint density at radius 1 is 1.32 bits per heavy atom. The minimum Gasteiger partial charge on any atom is -0.390 e. The molecule has 0 spiro atoms. The summed E-state index contributed by atoms with van der Waals surface area (Å²) in [6.45, 7) is 7.63. The zero-order chi connectivity index (χ0) is 18.4. The van der Waals surface area contributed by atoms with Crippen LogP contribution < -0.4 is 5.32 Å². The van der Waals surface area contributed by atoms with E-state index in [2.05, 4.69) is 10.3 Å². The lowest BCUT2D eigenvalue weighted by molar-refractivity contribution is 0.0674. The van der Waals surface area contributed by atoms with Crippen molar-refractivity contribution < 1.29 is 9.90 Å². The first-order valence-corrected chi connectivity index (χ1v) is 8.80. The van der Waals surface area contributed by atoms with Crippen LogP contribution >= 0.6 is 0 Å². The molecule has 0 fully saturated rings. The fourth-order valence-corrected chi connectivity index (χ4v) is 2.85. The van der Waals surface area contributed by atoms with E-state index in [4.69, 9.17) is 0 Å². The molecule has 0 saturated heterocycles. The number of aromatic nitrogens is 1. The highest BCUT2D eigenvalue weighted by Gasteiger charge is 2.15. The third-order valence-corrected chi connectivity index (χ3v) is 4.26. The zero-order valence-electron chi connectivity index (χ0n) is 15.5. The molecule has 2 aromatic rings. The third kappa shape index (κ3) is 5.98. The van der Waals surface area contributed by atoms with Crippen molar-refractivity contribution in [2.75, 3.05) is 0 Å². The number of amides is 1. The van der Waals surface area contributed by atoms with E-state index in [9.17, 15) is 9.90 Å². The molecule has 0 bridgehead atoms. The Balaban J connectivity index is 2.00. The normalized spacial score (nSPS) is 12.7. The molecule has 0 aliphatic rings. The number of aryl methyl sites for hydroxylation is 1. The molecule has 134 valence electrons. The molecule has 4 nitrogen and oxygen atoms in total. The summed E-state index contributed by atoms with van der Waals surface area (Å²) in [6.07, 6.45) is 6.04. The first-order valence-electron chi connectivity index (χ1n) is 8.80. The lowest BCUT2D eigenvalue weighted by Gasteiger charge is -2.19. The molecule has 25 heavy (non-hydrogen) atoms. The predicted octanol–water partition coefficient (Wildman–Crippen LogP) is 4.12. The fourth-order valence-electron chi connectivity index (χ4n) is 2.85. The van der Waals surface area contributed by atoms with Crippen LogP contribution in [0, 0.1) is 6.92 Å². The minimum absolute atomic E-state index is 0.0654. The molecule has 1 aromatic carbocycles. The maximum Gasteiger partial charge on any atom is 0.251 e. The van der Waals surface area contributed by atoms with Crippen LogP contribution in [0.1, 0.15) is 56.0 Å². The molecule has 1 unspecified atom stereocenters. The van der Waals surface area contributed by atoms with Gasteiger partial charge in [0.25, 0.3) is 5.91 Å². The van der Waals surface area contributed by atoms with Gasteiger partial charge in [-0.05, 0) is 81.8 Å². The first-order chi connectivity index (χ1) is 11.8. The van der Waals surface area contributed by atoms with E-state index in [0.717, 1.165) is 36.0 Å². The van der Waals surface area contributed by atoms with Gasteiger partial charge in [0.2, 0.25) is 0 Å². The van der Waals surface area contributed by atoms with Gasteiger partial charge in [-0.25, -0.2) is 0 Å². The van der Waals surface area contributed by atoms with Crippen LogP contribution in [0.3, 0.4) is 0 Å². The molecule has 0 saturated carbocycles. The van der Waals surface area contributed by atoms with Crippen molar-refractivity contribution in [3.8, 4) is 11.1 Å². The summed E-state index contributed by atoms with van der Waals surface area (Å²) in [5, 5.41) is 12.8. The standard InChI is InChI=1S/C21H28N2O2/c1-15-14-22-12-10-19(15)17-8-5-9-18(13-17)20(24)23-16(2)7-6-11-21(3,4)25/h5,8-10,12-14,16,25H,6-7,11H2,1-4H3,(H,23,24). The van der Waals surface area contributed by atoms with E-state index in [1.807, 2.05) is 64.2 Å². The summed E-state index contributed by atoms with van der Waals surface area (Å²) >= 11 is 0. The quantitative estimate of drug-likeness (QED) is 0.797. The van der Waals surface area contributed by atoms with E-state index in [1.54, 1.807) is 6.20 Å². The molecule has 1 heterocycles. The van der Waals surface area contributed by atoms with Crippen LogP contribution in [-0.4, -0.2) is 27.6 Å². The highest BCUT2D eigenvalue weighted by molar-refractivity contribution is 5.95. The lowest BCUT2D eigenvalue weighted by Crippen LogP contribution is -2.33. The van der Waals surface area contributed by atoms with Crippen molar-refractivity contribution in [3.63, 3.8) is 0 Å². The second kappa shape index (κ2) is 8.26. The molecule has 0 aliphatic carbocycles. The van der Waals surface area contributed by atoms with Gasteiger partial charge >= 0.3 is 0 Å². The average Bonchev–Trinajstić information content (AvgIpc) is 2.54. The van der Waals surface area contributed by atoms with Gasteiger partial charge in [0.05, 0.1) is 5.60 Å². The van der Waals surface area contributed by atoms with E-state index in [-0.39, 0.29) is 11.9 Å². The molecular formula is C21H28N2O2.